The van der Waals surface area contributed by atoms with Crippen molar-refractivity contribution in [1.29, 1.82) is 0 Å². The number of anilines is 1. The van der Waals surface area contributed by atoms with E-state index >= 15 is 0 Å². The molecule has 3 heterocycles. The Bertz CT molecular complexity index is 1200. The molecule has 2 aliphatic heterocycles. The van der Waals surface area contributed by atoms with E-state index < -0.39 is 5.79 Å². The third kappa shape index (κ3) is 7.43. The molecule has 0 spiro atoms. The summed E-state index contributed by atoms with van der Waals surface area (Å²) in [5.41, 5.74) is 1.82. The number of carbonyl (C=O) groups is 1. The van der Waals surface area contributed by atoms with Crippen molar-refractivity contribution in [2.24, 2.45) is 0 Å². The van der Waals surface area contributed by atoms with E-state index in [9.17, 15) is 4.79 Å². The number of nitrogens with zero attached hydrogens (tertiary/aromatic N) is 4. The zero-order chi connectivity index (χ0) is 27.8. The van der Waals surface area contributed by atoms with Crippen molar-refractivity contribution in [1.82, 2.24) is 14.5 Å². The third-order valence-electron chi connectivity index (χ3n) is 6.51. The number of carbonyl (C=O) groups excluding carboxylic acids is 1. The number of aliphatic hydroxyl groups excluding tert-OH is 1. The van der Waals surface area contributed by atoms with Crippen molar-refractivity contribution in [3.05, 3.63) is 76.8 Å². The van der Waals surface area contributed by atoms with E-state index in [1.54, 1.807) is 38.5 Å². The summed E-state index contributed by atoms with van der Waals surface area (Å²) in [4.78, 5) is 19.8. The molecule has 0 bridgehead atoms. The fourth-order valence-corrected chi connectivity index (χ4v) is 5.15. The largest absolute Gasteiger partial charge is 0.491 e. The van der Waals surface area contributed by atoms with E-state index in [0.29, 0.717) is 35.4 Å². The highest BCUT2D eigenvalue weighted by atomic mass is 35.5. The molecule has 3 aromatic rings. The summed E-state index contributed by atoms with van der Waals surface area (Å²) in [6.45, 7) is 7.73. The number of rotatable bonds is 7. The van der Waals surface area contributed by atoms with Crippen molar-refractivity contribution < 1.29 is 24.1 Å². The van der Waals surface area contributed by atoms with E-state index in [0.717, 1.165) is 37.6 Å². The SMILES string of the molecule is CC(=O)N1CCN(c2ccc(OC[C@H]3CO[C@](Cn4ccnc4)(c4ccc(Cl)cc4Cl)O3)cc2)CC1.CCO. The Kier molecular flexibility index (Phi) is 10.1. The lowest BCUT2D eigenvalue weighted by atomic mass is 10.1. The van der Waals surface area contributed by atoms with Gasteiger partial charge in [0, 0.05) is 68.4 Å². The number of amides is 1. The van der Waals surface area contributed by atoms with Crippen LogP contribution in [0.5, 0.6) is 5.75 Å². The molecule has 2 atom stereocenters. The molecule has 5 rings (SSSR count). The molecule has 11 heteroatoms. The van der Waals surface area contributed by atoms with Crippen LogP contribution in [0.3, 0.4) is 0 Å². The van der Waals surface area contributed by atoms with Gasteiger partial charge in [-0.2, -0.15) is 0 Å². The molecule has 1 aromatic heterocycles. The van der Waals surface area contributed by atoms with Gasteiger partial charge in [0.25, 0.3) is 0 Å². The van der Waals surface area contributed by atoms with Crippen LogP contribution in [-0.2, 0) is 26.6 Å². The van der Waals surface area contributed by atoms with Gasteiger partial charge in [0.2, 0.25) is 11.7 Å². The maximum atomic E-state index is 11.6. The molecule has 39 heavy (non-hydrogen) atoms. The Morgan fingerprint density at radius 1 is 1.15 bits per heavy atom. The molecule has 0 saturated carbocycles. The van der Waals surface area contributed by atoms with Crippen LogP contribution < -0.4 is 9.64 Å². The average molecular weight is 578 g/mol. The van der Waals surface area contributed by atoms with Crippen LogP contribution in [0.15, 0.2) is 61.2 Å². The van der Waals surface area contributed by atoms with Crippen LogP contribution in [0, 0.1) is 0 Å². The number of halogens is 2. The number of benzene rings is 2. The van der Waals surface area contributed by atoms with Crippen molar-refractivity contribution in [2.75, 3.05) is 50.9 Å². The van der Waals surface area contributed by atoms with Gasteiger partial charge in [0.05, 0.1) is 24.5 Å². The summed E-state index contributed by atoms with van der Waals surface area (Å²) < 4.78 is 20.6. The van der Waals surface area contributed by atoms with E-state index in [1.807, 2.05) is 46.0 Å². The van der Waals surface area contributed by atoms with Gasteiger partial charge in [-0.3, -0.25) is 4.79 Å². The minimum absolute atomic E-state index is 0.129. The van der Waals surface area contributed by atoms with Crippen molar-refractivity contribution in [2.45, 2.75) is 32.3 Å². The summed E-state index contributed by atoms with van der Waals surface area (Å²) in [6.07, 6.45) is 4.98. The molecule has 2 saturated heterocycles. The number of aliphatic hydroxyl groups is 1. The van der Waals surface area contributed by atoms with Crippen LogP contribution in [-0.4, -0.2) is 77.6 Å². The number of imidazole rings is 1. The first-order valence-corrected chi connectivity index (χ1v) is 13.7. The van der Waals surface area contributed by atoms with Gasteiger partial charge in [0.15, 0.2) is 0 Å². The first kappa shape index (κ1) is 29.2. The quantitative estimate of drug-likeness (QED) is 0.450. The highest BCUT2D eigenvalue weighted by Gasteiger charge is 2.45. The van der Waals surface area contributed by atoms with Crippen LogP contribution >= 0.6 is 23.2 Å². The molecule has 2 aliphatic rings. The van der Waals surface area contributed by atoms with Gasteiger partial charge < -0.3 is 33.7 Å². The number of aromatic nitrogens is 2. The second-order valence-corrected chi connectivity index (χ2v) is 10.1. The fourth-order valence-electron chi connectivity index (χ4n) is 4.60. The molecule has 1 N–H and O–H groups in total. The lowest BCUT2D eigenvalue weighted by Crippen LogP contribution is -2.48. The Morgan fingerprint density at radius 3 is 2.49 bits per heavy atom. The Hall–Kier alpha value is -2.82. The standard InChI is InChI=1S/C26H28Cl2N4O4.C2H6O/c1-19(33)31-10-12-32(13-11-31)21-3-5-22(6-4-21)34-15-23-16-35-26(36-23,17-30-9-8-29-18-30)24-7-2-20(27)14-25(24)28;1-2-3/h2-9,14,18,23H,10-13,15-17H2,1H3;3H,2H2,1H3/t23-,26-;/m0./s1. The molecular weight excluding hydrogens is 543 g/mol. The highest BCUT2D eigenvalue weighted by Crippen LogP contribution is 2.40. The van der Waals surface area contributed by atoms with Crippen LogP contribution in [0.25, 0.3) is 0 Å². The van der Waals surface area contributed by atoms with E-state index in [2.05, 4.69) is 9.88 Å². The minimum Gasteiger partial charge on any atom is -0.491 e. The number of hydrogen-bond acceptors (Lipinski definition) is 7. The highest BCUT2D eigenvalue weighted by molar-refractivity contribution is 6.35. The molecule has 210 valence electrons. The first-order chi connectivity index (χ1) is 18.8. The molecule has 0 unspecified atom stereocenters. The van der Waals surface area contributed by atoms with Crippen LogP contribution in [0.2, 0.25) is 10.0 Å². The maximum Gasteiger partial charge on any atom is 0.219 e. The molecule has 2 aromatic carbocycles. The van der Waals surface area contributed by atoms with E-state index in [1.165, 1.54) is 0 Å². The lowest BCUT2D eigenvalue weighted by Gasteiger charge is -2.35. The average Bonchev–Trinajstić information content (AvgIpc) is 3.59. The normalized spacial score (nSPS) is 20.9. The molecule has 2 fully saturated rings. The predicted molar refractivity (Wildman–Crippen MR) is 150 cm³/mol. The Morgan fingerprint density at radius 2 is 1.87 bits per heavy atom. The molecule has 0 radical (unpaired) electrons. The molecule has 0 aliphatic carbocycles. The zero-order valence-corrected chi connectivity index (χ0v) is 23.6. The zero-order valence-electron chi connectivity index (χ0n) is 22.1. The lowest BCUT2D eigenvalue weighted by molar-refractivity contribution is -0.189. The van der Waals surface area contributed by atoms with Crippen molar-refractivity contribution in [3.8, 4) is 5.75 Å². The monoisotopic (exact) mass is 576 g/mol. The first-order valence-electron chi connectivity index (χ1n) is 12.9. The summed E-state index contributed by atoms with van der Waals surface area (Å²) >= 11 is 12.7. The van der Waals surface area contributed by atoms with Gasteiger partial charge in [0.1, 0.15) is 18.5 Å². The number of ether oxygens (including phenoxy) is 3. The van der Waals surface area contributed by atoms with Gasteiger partial charge in [-0.1, -0.05) is 29.3 Å². The molecule has 1 amide bonds. The van der Waals surface area contributed by atoms with Crippen molar-refractivity contribution in [3.63, 3.8) is 0 Å². The fraction of sp³-hybridized carbons (Fsp3) is 0.429. The molecular formula is C28H34Cl2N4O5. The number of hydrogen-bond donors (Lipinski definition) is 1. The van der Waals surface area contributed by atoms with Gasteiger partial charge in [-0.15, -0.1) is 0 Å². The van der Waals surface area contributed by atoms with Gasteiger partial charge >= 0.3 is 0 Å². The minimum atomic E-state index is -1.08. The summed E-state index contributed by atoms with van der Waals surface area (Å²) in [5, 5.41) is 8.59. The summed E-state index contributed by atoms with van der Waals surface area (Å²) in [6, 6.07) is 13.3. The van der Waals surface area contributed by atoms with Crippen LogP contribution in [0.4, 0.5) is 5.69 Å². The summed E-state index contributed by atoms with van der Waals surface area (Å²) in [5.74, 6) is -0.201. The maximum absolute atomic E-state index is 11.6. The topological polar surface area (TPSA) is 89.3 Å². The van der Waals surface area contributed by atoms with E-state index in [4.69, 9.17) is 42.5 Å². The Labute approximate surface area is 238 Å². The van der Waals surface area contributed by atoms with E-state index in [-0.39, 0.29) is 18.6 Å². The van der Waals surface area contributed by atoms with Gasteiger partial charge in [-0.05, 0) is 43.3 Å². The smallest absolute Gasteiger partial charge is 0.219 e. The second kappa shape index (κ2) is 13.5. The van der Waals surface area contributed by atoms with Gasteiger partial charge in [-0.25, -0.2) is 4.98 Å². The van der Waals surface area contributed by atoms with Crippen molar-refractivity contribution >= 4 is 34.8 Å². The Balaban J connectivity index is 0.00000112. The second-order valence-electron chi connectivity index (χ2n) is 9.28. The predicted octanol–water partition coefficient (Wildman–Crippen LogP) is 4.20. The number of piperazine rings is 1. The van der Waals surface area contributed by atoms with Crippen LogP contribution in [0.1, 0.15) is 19.4 Å². The summed E-state index contributed by atoms with van der Waals surface area (Å²) in [7, 11) is 0. The third-order valence-corrected chi connectivity index (χ3v) is 7.06. The molecule has 9 nitrogen and oxygen atoms in total.